The molecule has 2 aromatic heterocycles. The number of pyridine rings is 2. The maximum absolute atomic E-state index is 10.9. The Morgan fingerprint density at radius 3 is 2.35 bits per heavy atom. The molecule has 0 unspecified atom stereocenters. The summed E-state index contributed by atoms with van der Waals surface area (Å²) >= 11 is 6.00. The quantitative estimate of drug-likeness (QED) is 0.635. The lowest BCUT2D eigenvalue weighted by Gasteiger charge is -2.36. The Hall–Kier alpha value is -2.41. The van der Waals surface area contributed by atoms with Gasteiger partial charge in [-0.05, 0) is 25.1 Å². The molecular weight excluding hydrogens is 318 g/mol. The van der Waals surface area contributed by atoms with Crippen LogP contribution in [0.25, 0.3) is 0 Å². The van der Waals surface area contributed by atoms with E-state index in [0.29, 0.717) is 10.7 Å². The molecule has 0 atom stereocenters. The van der Waals surface area contributed by atoms with Gasteiger partial charge >= 0.3 is 0 Å². The SMILES string of the molecule is Cc1nc(N2CCN(c3cc(Cl)ccn3)CC2)ccc1[N+](=O)[O-]. The summed E-state index contributed by atoms with van der Waals surface area (Å²) in [5.74, 6) is 1.64. The number of halogens is 1. The molecule has 23 heavy (non-hydrogen) atoms. The van der Waals surface area contributed by atoms with Crippen molar-refractivity contribution in [1.82, 2.24) is 9.97 Å². The Balaban J connectivity index is 1.69. The second-order valence-electron chi connectivity index (χ2n) is 5.34. The molecule has 0 amide bonds. The highest BCUT2D eigenvalue weighted by Gasteiger charge is 2.21. The van der Waals surface area contributed by atoms with E-state index in [-0.39, 0.29) is 5.69 Å². The van der Waals surface area contributed by atoms with Crippen LogP contribution < -0.4 is 9.80 Å². The fraction of sp³-hybridized carbons (Fsp3) is 0.333. The van der Waals surface area contributed by atoms with Crippen LogP contribution in [0.15, 0.2) is 30.5 Å². The topological polar surface area (TPSA) is 75.4 Å². The summed E-state index contributed by atoms with van der Waals surface area (Å²) in [5, 5.41) is 11.5. The van der Waals surface area contributed by atoms with Gasteiger partial charge < -0.3 is 9.80 Å². The van der Waals surface area contributed by atoms with Crippen molar-refractivity contribution in [3.8, 4) is 0 Å². The highest BCUT2D eigenvalue weighted by Crippen LogP contribution is 2.23. The fourth-order valence-corrected chi connectivity index (χ4v) is 2.79. The van der Waals surface area contributed by atoms with Crippen LogP contribution in [0.5, 0.6) is 0 Å². The molecule has 0 spiro atoms. The molecule has 1 fully saturated rings. The zero-order valence-corrected chi connectivity index (χ0v) is 13.4. The molecular formula is C15H16ClN5O2. The minimum absolute atomic E-state index is 0.0514. The Bertz CT molecular complexity index is 732. The smallest absolute Gasteiger partial charge is 0.290 e. The van der Waals surface area contributed by atoms with Gasteiger partial charge in [-0.2, -0.15) is 0 Å². The largest absolute Gasteiger partial charge is 0.353 e. The average Bonchev–Trinajstić information content (AvgIpc) is 2.54. The van der Waals surface area contributed by atoms with Crippen molar-refractivity contribution in [2.24, 2.45) is 0 Å². The molecule has 3 heterocycles. The van der Waals surface area contributed by atoms with E-state index in [2.05, 4.69) is 19.8 Å². The molecule has 0 bridgehead atoms. The third kappa shape index (κ3) is 3.34. The fourth-order valence-electron chi connectivity index (χ4n) is 2.64. The maximum Gasteiger partial charge on any atom is 0.290 e. The van der Waals surface area contributed by atoms with E-state index < -0.39 is 4.92 Å². The van der Waals surface area contributed by atoms with Crippen molar-refractivity contribution in [3.63, 3.8) is 0 Å². The predicted octanol–water partition coefficient (Wildman–Crippen LogP) is 2.67. The van der Waals surface area contributed by atoms with Crippen LogP contribution in [0.3, 0.4) is 0 Å². The zero-order valence-electron chi connectivity index (χ0n) is 12.6. The third-order valence-corrected chi connectivity index (χ3v) is 4.11. The van der Waals surface area contributed by atoms with E-state index >= 15 is 0 Å². The van der Waals surface area contributed by atoms with Crippen molar-refractivity contribution >= 4 is 28.9 Å². The van der Waals surface area contributed by atoms with Crippen molar-refractivity contribution in [3.05, 3.63) is 51.3 Å². The Labute approximate surface area is 138 Å². The summed E-state index contributed by atoms with van der Waals surface area (Å²) in [6.07, 6.45) is 1.70. The molecule has 2 aromatic rings. The molecule has 8 heteroatoms. The van der Waals surface area contributed by atoms with Crippen molar-refractivity contribution < 1.29 is 4.92 Å². The van der Waals surface area contributed by atoms with Crippen molar-refractivity contribution in [2.45, 2.75) is 6.92 Å². The van der Waals surface area contributed by atoms with Crippen LogP contribution >= 0.6 is 11.6 Å². The number of nitrogens with zero attached hydrogens (tertiary/aromatic N) is 5. The molecule has 0 aliphatic carbocycles. The summed E-state index contributed by atoms with van der Waals surface area (Å²) < 4.78 is 0. The molecule has 1 saturated heterocycles. The van der Waals surface area contributed by atoms with Gasteiger partial charge in [0.15, 0.2) is 0 Å². The highest BCUT2D eigenvalue weighted by molar-refractivity contribution is 6.30. The lowest BCUT2D eigenvalue weighted by molar-refractivity contribution is -0.385. The minimum Gasteiger partial charge on any atom is -0.353 e. The molecule has 0 saturated carbocycles. The average molecular weight is 334 g/mol. The summed E-state index contributed by atoms with van der Waals surface area (Å²) in [6, 6.07) is 6.83. The monoisotopic (exact) mass is 333 g/mol. The van der Waals surface area contributed by atoms with E-state index in [1.54, 1.807) is 25.3 Å². The first kappa shape index (κ1) is 15.5. The number of hydrogen-bond acceptors (Lipinski definition) is 6. The van der Waals surface area contributed by atoms with Crippen LogP contribution in [-0.4, -0.2) is 41.1 Å². The first-order valence-electron chi connectivity index (χ1n) is 7.28. The first-order valence-corrected chi connectivity index (χ1v) is 7.66. The van der Waals surface area contributed by atoms with E-state index in [1.165, 1.54) is 6.07 Å². The molecule has 0 radical (unpaired) electrons. The van der Waals surface area contributed by atoms with Gasteiger partial charge in [-0.25, -0.2) is 9.97 Å². The second kappa shape index (κ2) is 6.37. The Morgan fingerprint density at radius 1 is 1.13 bits per heavy atom. The van der Waals surface area contributed by atoms with Gasteiger partial charge in [-0.15, -0.1) is 0 Å². The molecule has 0 aromatic carbocycles. The molecule has 3 rings (SSSR count). The number of rotatable bonds is 3. The highest BCUT2D eigenvalue weighted by atomic mass is 35.5. The molecule has 120 valence electrons. The second-order valence-corrected chi connectivity index (χ2v) is 5.77. The van der Waals surface area contributed by atoms with E-state index in [0.717, 1.165) is 37.8 Å². The minimum atomic E-state index is -0.408. The Kier molecular flexibility index (Phi) is 4.29. The van der Waals surface area contributed by atoms with Crippen LogP contribution in [0.1, 0.15) is 5.69 Å². The zero-order chi connectivity index (χ0) is 16.4. The molecule has 0 N–H and O–H groups in total. The number of aromatic nitrogens is 2. The summed E-state index contributed by atoms with van der Waals surface area (Å²) in [5.41, 5.74) is 0.488. The standard InChI is InChI=1S/C15H16ClN5O2/c1-11-13(21(22)23)2-3-14(18-11)19-6-8-20(9-7-19)15-10-12(16)4-5-17-15/h2-5,10H,6-9H2,1H3. The van der Waals surface area contributed by atoms with Gasteiger partial charge in [0.25, 0.3) is 5.69 Å². The van der Waals surface area contributed by atoms with E-state index in [9.17, 15) is 10.1 Å². The van der Waals surface area contributed by atoms with Crippen molar-refractivity contribution in [1.29, 1.82) is 0 Å². The van der Waals surface area contributed by atoms with Gasteiger partial charge in [-0.3, -0.25) is 10.1 Å². The summed E-state index contributed by atoms with van der Waals surface area (Å²) in [4.78, 5) is 23.4. The number of nitro groups is 1. The van der Waals surface area contributed by atoms with Crippen molar-refractivity contribution in [2.75, 3.05) is 36.0 Å². The van der Waals surface area contributed by atoms with Gasteiger partial charge in [0.2, 0.25) is 0 Å². The number of anilines is 2. The number of hydrogen-bond donors (Lipinski definition) is 0. The van der Waals surface area contributed by atoms with Crippen LogP contribution in [0, 0.1) is 17.0 Å². The first-order chi connectivity index (χ1) is 11.0. The molecule has 1 aliphatic rings. The normalized spacial score (nSPS) is 14.9. The molecule has 7 nitrogen and oxygen atoms in total. The number of aryl methyl sites for hydroxylation is 1. The Morgan fingerprint density at radius 2 is 1.78 bits per heavy atom. The van der Waals surface area contributed by atoms with E-state index in [4.69, 9.17) is 11.6 Å². The van der Waals surface area contributed by atoms with Crippen LogP contribution in [0.2, 0.25) is 5.02 Å². The third-order valence-electron chi connectivity index (χ3n) is 3.88. The van der Waals surface area contributed by atoms with E-state index in [1.807, 2.05) is 6.07 Å². The molecule has 1 aliphatic heterocycles. The maximum atomic E-state index is 10.9. The van der Waals surface area contributed by atoms with Gasteiger partial charge in [0, 0.05) is 43.5 Å². The van der Waals surface area contributed by atoms with Crippen LogP contribution in [0.4, 0.5) is 17.3 Å². The summed E-state index contributed by atoms with van der Waals surface area (Å²) in [7, 11) is 0. The summed E-state index contributed by atoms with van der Waals surface area (Å²) in [6.45, 7) is 4.81. The predicted molar refractivity (Wildman–Crippen MR) is 89.3 cm³/mol. The van der Waals surface area contributed by atoms with Gasteiger partial charge in [0.05, 0.1) is 4.92 Å². The van der Waals surface area contributed by atoms with Gasteiger partial charge in [-0.1, -0.05) is 11.6 Å². The lowest BCUT2D eigenvalue weighted by atomic mass is 10.2. The van der Waals surface area contributed by atoms with Crippen LogP contribution in [-0.2, 0) is 0 Å². The number of piperazine rings is 1. The lowest BCUT2D eigenvalue weighted by Crippen LogP contribution is -2.47. The van der Waals surface area contributed by atoms with Gasteiger partial charge in [0.1, 0.15) is 17.3 Å².